The Morgan fingerprint density at radius 3 is 2.60 bits per heavy atom. The number of rotatable bonds is 3. The van der Waals surface area contributed by atoms with E-state index in [0.717, 1.165) is 24.2 Å². The molecule has 0 bridgehead atoms. The molecule has 2 fully saturated rings. The Morgan fingerprint density at radius 1 is 1.07 bits per heavy atom. The van der Waals surface area contributed by atoms with E-state index in [1.165, 1.54) is 44.9 Å². The maximum atomic E-state index is 10.8. The molecule has 0 aromatic carbocycles. The lowest BCUT2D eigenvalue weighted by atomic mass is 9.64. The predicted molar refractivity (Wildman–Crippen MR) is 61.2 cm³/mol. The molecule has 0 heterocycles. The first-order valence-electron chi connectivity index (χ1n) is 6.55. The fourth-order valence-electron chi connectivity index (χ4n) is 3.76. The molecule has 86 valence electrons. The van der Waals surface area contributed by atoms with Gasteiger partial charge in [0.15, 0.2) is 0 Å². The minimum absolute atomic E-state index is 0.118. The van der Waals surface area contributed by atoms with E-state index < -0.39 is 0 Å². The average Bonchev–Trinajstić information content (AvgIpc) is 2.26. The maximum absolute atomic E-state index is 10.8. The van der Waals surface area contributed by atoms with Crippen LogP contribution in [0.2, 0.25) is 0 Å². The zero-order valence-electron chi connectivity index (χ0n) is 9.58. The predicted octanol–water partition coefficient (Wildman–Crippen LogP) is 2.86. The third-order valence-electron chi connectivity index (χ3n) is 4.48. The van der Waals surface area contributed by atoms with Gasteiger partial charge in [0, 0.05) is 6.42 Å². The SMILES string of the molecule is NC(=O)CCC1CCCC2CCCCC21. The van der Waals surface area contributed by atoms with Crippen LogP contribution in [0.15, 0.2) is 0 Å². The van der Waals surface area contributed by atoms with Crippen LogP contribution in [-0.4, -0.2) is 5.91 Å². The van der Waals surface area contributed by atoms with E-state index in [2.05, 4.69) is 0 Å². The lowest BCUT2D eigenvalue weighted by Gasteiger charge is -2.41. The summed E-state index contributed by atoms with van der Waals surface area (Å²) < 4.78 is 0. The molecule has 3 atom stereocenters. The minimum Gasteiger partial charge on any atom is -0.370 e. The highest BCUT2D eigenvalue weighted by Gasteiger charge is 2.34. The summed E-state index contributed by atoms with van der Waals surface area (Å²) in [6.45, 7) is 0. The highest BCUT2D eigenvalue weighted by molar-refractivity contribution is 5.73. The zero-order chi connectivity index (χ0) is 10.7. The van der Waals surface area contributed by atoms with Crippen molar-refractivity contribution < 1.29 is 4.79 Å². The molecule has 0 aromatic heterocycles. The first-order chi connectivity index (χ1) is 7.27. The van der Waals surface area contributed by atoms with Crippen LogP contribution in [0.5, 0.6) is 0 Å². The Morgan fingerprint density at radius 2 is 1.80 bits per heavy atom. The van der Waals surface area contributed by atoms with E-state index in [1.54, 1.807) is 0 Å². The third-order valence-corrected chi connectivity index (χ3v) is 4.48. The number of primary amides is 1. The summed E-state index contributed by atoms with van der Waals surface area (Å²) in [5.41, 5.74) is 5.24. The smallest absolute Gasteiger partial charge is 0.217 e. The van der Waals surface area contributed by atoms with Crippen LogP contribution in [0.25, 0.3) is 0 Å². The molecule has 0 saturated heterocycles. The minimum atomic E-state index is -0.118. The molecule has 1 amide bonds. The van der Waals surface area contributed by atoms with Gasteiger partial charge < -0.3 is 5.73 Å². The summed E-state index contributed by atoms with van der Waals surface area (Å²) in [5, 5.41) is 0. The van der Waals surface area contributed by atoms with Gasteiger partial charge in [-0.1, -0.05) is 38.5 Å². The largest absolute Gasteiger partial charge is 0.370 e. The topological polar surface area (TPSA) is 43.1 Å². The van der Waals surface area contributed by atoms with Crippen molar-refractivity contribution in [2.24, 2.45) is 23.5 Å². The van der Waals surface area contributed by atoms with Crippen molar-refractivity contribution in [3.63, 3.8) is 0 Å². The third kappa shape index (κ3) is 2.73. The molecule has 2 N–H and O–H groups in total. The van der Waals surface area contributed by atoms with Crippen molar-refractivity contribution in [3.8, 4) is 0 Å². The number of nitrogens with two attached hydrogens (primary N) is 1. The van der Waals surface area contributed by atoms with Gasteiger partial charge >= 0.3 is 0 Å². The molecule has 2 saturated carbocycles. The molecule has 15 heavy (non-hydrogen) atoms. The number of carbonyl (C=O) groups is 1. The van der Waals surface area contributed by atoms with Crippen LogP contribution < -0.4 is 5.73 Å². The quantitative estimate of drug-likeness (QED) is 0.763. The molecule has 2 nitrogen and oxygen atoms in total. The molecule has 2 aliphatic rings. The Labute approximate surface area is 92.6 Å². The van der Waals surface area contributed by atoms with Crippen LogP contribution in [0.1, 0.15) is 57.8 Å². The Kier molecular flexibility index (Phi) is 3.66. The van der Waals surface area contributed by atoms with Crippen LogP contribution in [0.3, 0.4) is 0 Å². The van der Waals surface area contributed by atoms with Crippen molar-refractivity contribution in [3.05, 3.63) is 0 Å². The van der Waals surface area contributed by atoms with E-state index >= 15 is 0 Å². The molecule has 3 unspecified atom stereocenters. The van der Waals surface area contributed by atoms with Gasteiger partial charge in [0.05, 0.1) is 0 Å². The average molecular weight is 209 g/mol. The highest BCUT2D eigenvalue weighted by atomic mass is 16.1. The van der Waals surface area contributed by atoms with E-state index in [1.807, 2.05) is 0 Å². The number of fused-ring (bicyclic) bond motifs is 1. The fourth-order valence-corrected chi connectivity index (χ4v) is 3.76. The molecule has 2 heteroatoms. The lowest BCUT2D eigenvalue weighted by Crippen LogP contribution is -2.31. The molecular weight excluding hydrogens is 186 g/mol. The molecule has 0 aromatic rings. The van der Waals surface area contributed by atoms with Crippen LogP contribution in [-0.2, 0) is 4.79 Å². The van der Waals surface area contributed by atoms with Crippen LogP contribution in [0, 0.1) is 17.8 Å². The zero-order valence-corrected chi connectivity index (χ0v) is 9.58. The molecule has 2 rings (SSSR count). The monoisotopic (exact) mass is 209 g/mol. The lowest BCUT2D eigenvalue weighted by molar-refractivity contribution is -0.118. The summed E-state index contributed by atoms with van der Waals surface area (Å²) in [6, 6.07) is 0. The van der Waals surface area contributed by atoms with Gasteiger partial charge in [0.1, 0.15) is 0 Å². The fraction of sp³-hybridized carbons (Fsp3) is 0.923. The van der Waals surface area contributed by atoms with Crippen LogP contribution >= 0.6 is 0 Å². The molecule has 0 radical (unpaired) electrons. The summed E-state index contributed by atoms with van der Waals surface area (Å²) in [6.07, 6.45) is 11.5. The van der Waals surface area contributed by atoms with Crippen molar-refractivity contribution in [2.45, 2.75) is 57.8 Å². The molecular formula is C13H23NO. The standard InChI is InChI=1S/C13H23NO/c14-13(15)9-8-11-6-3-5-10-4-1-2-7-12(10)11/h10-12H,1-9H2,(H2,14,15). The van der Waals surface area contributed by atoms with E-state index in [0.29, 0.717) is 6.42 Å². The highest BCUT2D eigenvalue weighted by Crippen LogP contribution is 2.45. The Bertz CT molecular complexity index is 225. The van der Waals surface area contributed by atoms with Crippen molar-refractivity contribution in [2.75, 3.05) is 0 Å². The Hall–Kier alpha value is -0.530. The maximum Gasteiger partial charge on any atom is 0.217 e. The molecule has 2 aliphatic carbocycles. The van der Waals surface area contributed by atoms with Crippen molar-refractivity contribution in [1.29, 1.82) is 0 Å². The summed E-state index contributed by atoms with van der Waals surface area (Å²) >= 11 is 0. The molecule has 0 spiro atoms. The van der Waals surface area contributed by atoms with Gasteiger partial charge in [0.2, 0.25) is 5.91 Å². The number of carbonyl (C=O) groups excluding carboxylic acids is 1. The van der Waals surface area contributed by atoms with E-state index in [-0.39, 0.29) is 5.91 Å². The van der Waals surface area contributed by atoms with Crippen molar-refractivity contribution >= 4 is 5.91 Å². The van der Waals surface area contributed by atoms with Gasteiger partial charge in [-0.05, 0) is 30.6 Å². The van der Waals surface area contributed by atoms with E-state index in [9.17, 15) is 4.79 Å². The first-order valence-corrected chi connectivity index (χ1v) is 6.55. The summed E-state index contributed by atoms with van der Waals surface area (Å²) in [4.78, 5) is 10.8. The van der Waals surface area contributed by atoms with Gasteiger partial charge in [-0.3, -0.25) is 4.79 Å². The summed E-state index contributed by atoms with van der Waals surface area (Å²) in [7, 11) is 0. The van der Waals surface area contributed by atoms with Gasteiger partial charge in [0.25, 0.3) is 0 Å². The normalized spacial score (nSPS) is 35.9. The summed E-state index contributed by atoms with van der Waals surface area (Å²) in [5.74, 6) is 2.58. The Balaban J connectivity index is 1.88. The second-order valence-electron chi connectivity index (χ2n) is 5.40. The van der Waals surface area contributed by atoms with Gasteiger partial charge in [-0.25, -0.2) is 0 Å². The van der Waals surface area contributed by atoms with Gasteiger partial charge in [-0.15, -0.1) is 0 Å². The second kappa shape index (κ2) is 5.00. The van der Waals surface area contributed by atoms with Crippen molar-refractivity contribution in [1.82, 2.24) is 0 Å². The number of amides is 1. The molecule has 0 aliphatic heterocycles. The number of hydrogen-bond donors (Lipinski definition) is 1. The van der Waals surface area contributed by atoms with Crippen LogP contribution in [0.4, 0.5) is 0 Å². The second-order valence-corrected chi connectivity index (χ2v) is 5.40. The first kappa shape index (κ1) is 11.0. The van der Waals surface area contributed by atoms with E-state index in [4.69, 9.17) is 5.73 Å². The van der Waals surface area contributed by atoms with Gasteiger partial charge in [-0.2, -0.15) is 0 Å². The number of hydrogen-bond acceptors (Lipinski definition) is 1.